The molecule has 4 heteroatoms. The lowest BCUT2D eigenvalue weighted by molar-refractivity contribution is -0.127. The fourth-order valence-corrected chi connectivity index (χ4v) is 2.45. The molecular weight excluding hydrogens is 238 g/mol. The predicted molar refractivity (Wildman–Crippen MR) is 76.5 cm³/mol. The number of hydrogen-bond acceptors (Lipinski definition) is 3. The molecule has 1 aromatic carbocycles. The van der Waals surface area contributed by atoms with E-state index in [-0.39, 0.29) is 5.91 Å². The van der Waals surface area contributed by atoms with Crippen LogP contribution in [0.5, 0.6) is 0 Å². The summed E-state index contributed by atoms with van der Waals surface area (Å²) in [5.41, 5.74) is 6.90. The van der Waals surface area contributed by atoms with Crippen LogP contribution in [0.3, 0.4) is 0 Å². The van der Waals surface area contributed by atoms with Gasteiger partial charge in [-0.3, -0.25) is 4.79 Å². The first kappa shape index (κ1) is 14.0. The van der Waals surface area contributed by atoms with Gasteiger partial charge in [0.25, 0.3) is 0 Å². The molecule has 3 N–H and O–H groups in total. The fourth-order valence-electron chi connectivity index (χ4n) is 2.45. The summed E-state index contributed by atoms with van der Waals surface area (Å²) in [6.45, 7) is 4.13. The van der Waals surface area contributed by atoms with Crippen molar-refractivity contribution in [3.8, 4) is 0 Å². The number of carbonyl (C=O) groups excluding carboxylic acids is 1. The van der Waals surface area contributed by atoms with E-state index in [9.17, 15) is 4.79 Å². The fraction of sp³-hybridized carbons (Fsp3) is 0.533. The first-order chi connectivity index (χ1) is 9.29. The summed E-state index contributed by atoms with van der Waals surface area (Å²) in [7, 11) is 0. The highest BCUT2D eigenvalue weighted by molar-refractivity contribution is 5.78. The van der Waals surface area contributed by atoms with Crippen LogP contribution in [-0.4, -0.2) is 37.0 Å². The number of carbonyl (C=O) groups is 1. The maximum absolute atomic E-state index is 11.7. The minimum Gasteiger partial charge on any atom is -0.342 e. The van der Waals surface area contributed by atoms with E-state index in [1.807, 2.05) is 23.1 Å². The Morgan fingerprint density at radius 2 is 2.11 bits per heavy atom. The van der Waals surface area contributed by atoms with Crippen LogP contribution in [0.15, 0.2) is 30.3 Å². The highest BCUT2D eigenvalue weighted by atomic mass is 16.2. The second kappa shape index (κ2) is 7.26. The number of hydrogen-bond donors (Lipinski definition) is 2. The molecule has 1 unspecified atom stereocenters. The summed E-state index contributed by atoms with van der Waals surface area (Å²) in [6.07, 6.45) is 1.63. The average Bonchev–Trinajstić information content (AvgIpc) is 2.80. The minimum atomic E-state index is 0.263. The summed E-state index contributed by atoms with van der Waals surface area (Å²) in [5.74, 6) is 0.628. The molecule has 1 atom stereocenters. The third-order valence-corrected chi connectivity index (χ3v) is 3.58. The Hall–Kier alpha value is -1.39. The van der Waals surface area contributed by atoms with Crippen LogP contribution in [0.25, 0.3) is 0 Å². The van der Waals surface area contributed by atoms with Crippen LogP contribution in [0.2, 0.25) is 0 Å². The van der Waals surface area contributed by atoms with Gasteiger partial charge in [-0.1, -0.05) is 30.3 Å². The molecule has 1 saturated heterocycles. The predicted octanol–water partition coefficient (Wildman–Crippen LogP) is 0.974. The van der Waals surface area contributed by atoms with Gasteiger partial charge in [-0.15, -0.1) is 0 Å². The van der Waals surface area contributed by atoms with Gasteiger partial charge in [0.1, 0.15) is 0 Å². The maximum atomic E-state index is 11.7. The van der Waals surface area contributed by atoms with Crippen molar-refractivity contribution in [2.24, 2.45) is 11.7 Å². The smallest absolute Gasteiger partial charge is 0.222 e. The topological polar surface area (TPSA) is 58.4 Å². The minimum absolute atomic E-state index is 0.263. The first-order valence-corrected chi connectivity index (χ1v) is 7.02. The molecule has 104 valence electrons. The highest BCUT2D eigenvalue weighted by Gasteiger charge is 2.27. The van der Waals surface area contributed by atoms with Gasteiger partial charge in [-0.05, 0) is 31.0 Å². The third kappa shape index (κ3) is 4.33. The van der Waals surface area contributed by atoms with Gasteiger partial charge in [0.05, 0.1) is 0 Å². The number of nitrogens with zero attached hydrogens (tertiary/aromatic N) is 1. The van der Waals surface area contributed by atoms with Crippen molar-refractivity contribution in [2.45, 2.75) is 19.4 Å². The largest absolute Gasteiger partial charge is 0.342 e. The average molecular weight is 261 g/mol. The van der Waals surface area contributed by atoms with Gasteiger partial charge in [-0.2, -0.15) is 0 Å². The molecule has 1 aliphatic heterocycles. The molecule has 0 aromatic heterocycles. The second-order valence-electron chi connectivity index (χ2n) is 5.16. The van der Waals surface area contributed by atoms with Crippen molar-refractivity contribution in [3.05, 3.63) is 35.9 Å². The molecule has 4 nitrogen and oxygen atoms in total. The van der Waals surface area contributed by atoms with Crippen molar-refractivity contribution in [1.29, 1.82) is 0 Å². The summed E-state index contributed by atoms with van der Waals surface area (Å²) in [5, 5.41) is 3.40. The Bertz CT molecular complexity index is 394. The van der Waals surface area contributed by atoms with Crippen molar-refractivity contribution in [1.82, 2.24) is 10.2 Å². The van der Waals surface area contributed by atoms with E-state index in [0.29, 0.717) is 18.9 Å². The molecule has 1 fully saturated rings. The van der Waals surface area contributed by atoms with Crippen molar-refractivity contribution in [2.75, 3.05) is 26.2 Å². The zero-order valence-corrected chi connectivity index (χ0v) is 11.3. The first-order valence-electron chi connectivity index (χ1n) is 7.02. The van der Waals surface area contributed by atoms with Crippen LogP contribution in [-0.2, 0) is 11.3 Å². The maximum Gasteiger partial charge on any atom is 0.222 e. The van der Waals surface area contributed by atoms with Crippen LogP contribution in [0.4, 0.5) is 0 Å². The molecule has 0 spiro atoms. The van der Waals surface area contributed by atoms with Crippen LogP contribution in [0, 0.1) is 5.92 Å². The SMILES string of the molecule is NCC1CC(=O)N(CCCNCc2ccccc2)C1. The molecule has 1 heterocycles. The number of rotatable bonds is 7. The Morgan fingerprint density at radius 3 is 2.79 bits per heavy atom. The number of nitrogens with two attached hydrogens (primary N) is 1. The van der Waals surface area contributed by atoms with E-state index in [2.05, 4.69) is 17.4 Å². The zero-order chi connectivity index (χ0) is 13.5. The quantitative estimate of drug-likeness (QED) is 0.719. The van der Waals surface area contributed by atoms with E-state index < -0.39 is 0 Å². The summed E-state index contributed by atoms with van der Waals surface area (Å²) in [6, 6.07) is 10.3. The highest BCUT2D eigenvalue weighted by Crippen LogP contribution is 2.16. The summed E-state index contributed by atoms with van der Waals surface area (Å²) < 4.78 is 0. The Labute approximate surface area is 115 Å². The van der Waals surface area contributed by atoms with Gasteiger partial charge in [0.15, 0.2) is 0 Å². The molecule has 19 heavy (non-hydrogen) atoms. The summed E-state index contributed by atoms with van der Waals surface area (Å²) in [4.78, 5) is 13.6. The van der Waals surface area contributed by atoms with Gasteiger partial charge in [-0.25, -0.2) is 0 Å². The van der Waals surface area contributed by atoms with E-state index in [0.717, 1.165) is 32.6 Å². The lowest BCUT2D eigenvalue weighted by Crippen LogP contribution is -2.29. The van der Waals surface area contributed by atoms with Crippen molar-refractivity contribution in [3.63, 3.8) is 0 Å². The van der Waals surface area contributed by atoms with E-state index in [1.165, 1.54) is 5.56 Å². The lowest BCUT2D eigenvalue weighted by Gasteiger charge is -2.16. The Morgan fingerprint density at radius 1 is 1.32 bits per heavy atom. The number of amides is 1. The van der Waals surface area contributed by atoms with Crippen LogP contribution in [0.1, 0.15) is 18.4 Å². The van der Waals surface area contributed by atoms with Crippen molar-refractivity contribution < 1.29 is 4.79 Å². The van der Waals surface area contributed by atoms with E-state index in [4.69, 9.17) is 5.73 Å². The third-order valence-electron chi connectivity index (χ3n) is 3.58. The standard InChI is InChI=1S/C15H23N3O/c16-10-14-9-15(19)18(12-14)8-4-7-17-11-13-5-2-1-3-6-13/h1-3,5-6,14,17H,4,7-12,16H2. The molecule has 0 saturated carbocycles. The van der Waals surface area contributed by atoms with E-state index >= 15 is 0 Å². The van der Waals surface area contributed by atoms with Gasteiger partial charge in [0.2, 0.25) is 5.91 Å². The molecule has 0 radical (unpaired) electrons. The van der Waals surface area contributed by atoms with Crippen LogP contribution >= 0.6 is 0 Å². The Kier molecular flexibility index (Phi) is 5.36. The monoisotopic (exact) mass is 261 g/mol. The van der Waals surface area contributed by atoms with Gasteiger partial charge in [0, 0.05) is 26.1 Å². The second-order valence-corrected chi connectivity index (χ2v) is 5.16. The van der Waals surface area contributed by atoms with Gasteiger partial charge < -0.3 is 16.0 Å². The normalized spacial score (nSPS) is 19.1. The molecule has 0 aliphatic carbocycles. The molecule has 2 rings (SSSR count). The molecule has 1 aromatic rings. The Balaban J connectivity index is 1.58. The molecule has 1 aliphatic rings. The van der Waals surface area contributed by atoms with Crippen LogP contribution < -0.4 is 11.1 Å². The molecule has 1 amide bonds. The zero-order valence-electron chi connectivity index (χ0n) is 11.3. The molecule has 0 bridgehead atoms. The summed E-state index contributed by atoms with van der Waals surface area (Å²) >= 11 is 0. The number of nitrogens with one attached hydrogen (secondary N) is 1. The van der Waals surface area contributed by atoms with Crippen molar-refractivity contribution >= 4 is 5.91 Å². The number of likely N-dealkylation sites (tertiary alicyclic amines) is 1. The van der Waals surface area contributed by atoms with Gasteiger partial charge >= 0.3 is 0 Å². The molecular formula is C15H23N3O. The number of benzene rings is 1. The lowest BCUT2D eigenvalue weighted by atomic mass is 10.1. The van der Waals surface area contributed by atoms with E-state index in [1.54, 1.807) is 0 Å².